The highest BCUT2D eigenvalue weighted by molar-refractivity contribution is 9.06. The van der Waals surface area contributed by atoms with Crippen molar-refractivity contribution in [2.45, 2.75) is 0 Å². The Bertz CT molecular complexity index is 329. The Balaban J connectivity index is 3.15. The summed E-state index contributed by atoms with van der Waals surface area (Å²) < 4.78 is 8.64. The van der Waals surface area contributed by atoms with Crippen LogP contribution in [0.2, 0.25) is 0 Å². The molecule has 0 amide bonds. The molecular weight excluding hydrogens is 320 g/mol. The van der Waals surface area contributed by atoms with Crippen LogP contribution in [-0.4, -0.2) is 11.9 Å². The van der Waals surface area contributed by atoms with Gasteiger partial charge in [-0.1, -0.05) is 12.1 Å². The second-order valence-electron chi connectivity index (χ2n) is 2.27. The van der Waals surface area contributed by atoms with Crippen molar-refractivity contribution in [2.24, 2.45) is 0 Å². The SMILES string of the molecule is O=C(OBr)c1ccccc1C(=O)OBr. The molecule has 0 saturated carbocycles. The fourth-order valence-electron chi connectivity index (χ4n) is 0.922. The molecule has 0 bridgehead atoms. The summed E-state index contributed by atoms with van der Waals surface area (Å²) in [4.78, 5) is 22.3. The highest BCUT2D eigenvalue weighted by Gasteiger charge is 2.17. The molecule has 0 fully saturated rings. The van der Waals surface area contributed by atoms with E-state index in [2.05, 4.69) is 40.2 Å². The van der Waals surface area contributed by atoms with Crippen LogP contribution in [0.25, 0.3) is 0 Å². The number of carbonyl (C=O) groups excluding carboxylic acids is 2. The van der Waals surface area contributed by atoms with Crippen molar-refractivity contribution in [3.05, 3.63) is 35.4 Å². The van der Waals surface area contributed by atoms with Gasteiger partial charge in [-0.05, 0) is 12.1 Å². The Morgan fingerprint density at radius 3 is 1.57 bits per heavy atom. The molecule has 1 rings (SSSR count). The predicted octanol–water partition coefficient (Wildman–Crippen LogP) is 2.62. The van der Waals surface area contributed by atoms with E-state index < -0.39 is 11.9 Å². The Hall–Kier alpha value is -0.880. The van der Waals surface area contributed by atoms with Gasteiger partial charge in [0.05, 0.1) is 11.1 Å². The number of carbonyl (C=O) groups is 2. The maximum atomic E-state index is 11.2. The first-order valence-electron chi connectivity index (χ1n) is 3.45. The molecule has 0 aromatic heterocycles. The minimum atomic E-state index is -0.654. The van der Waals surface area contributed by atoms with Crippen LogP contribution in [0.4, 0.5) is 0 Å². The molecule has 0 aliphatic rings. The van der Waals surface area contributed by atoms with Gasteiger partial charge in [-0.2, -0.15) is 0 Å². The summed E-state index contributed by atoms with van der Waals surface area (Å²) in [6.45, 7) is 0. The molecule has 0 N–H and O–H groups in total. The molecule has 0 unspecified atom stereocenters. The van der Waals surface area contributed by atoms with Crippen molar-refractivity contribution in [3.8, 4) is 0 Å². The Morgan fingerprint density at radius 1 is 0.929 bits per heavy atom. The first kappa shape index (κ1) is 11.2. The van der Waals surface area contributed by atoms with Crippen LogP contribution in [0.3, 0.4) is 0 Å². The molecule has 0 heterocycles. The van der Waals surface area contributed by atoms with Crippen LogP contribution in [0, 0.1) is 0 Å². The van der Waals surface area contributed by atoms with Crippen LogP contribution in [-0.2, 0) is 7.66 Å². The van der Waals surface area contributed by atoms with E-state index in [0.717, 1.165) is 0 Å². The molecule has 1 aromatic rings. The highest BCUT2D eigenvalue weighted by Crippen LogP contribution is 2.13. The number of hydrogen-bond donors (Lipinski definition) is 0. The van der Waals surface area contributed by atoms with Gasteiger partial charge in [0.25, 0.3) is 0 Å². The quantitative estimate of drug-likeness (QED) is 0.839. The first-order valence-corrected chi connectivity index (χ1v) is 4.75. The van der Waals surface area contributed by atoms with Crippen molar-refractivity contribution in [2.75, 3.05) is 0 Å². The largest absolute Gasteiger partial charge is 0.380 e. The lowest BCUT2D eigenvalue weighted by atomic mass is 10.1. The van der Waals surface area contributed by atoms with Gasteiger partial charge >= 0.3 is 11.9 Å². The third kappa shape index (κ3) is 2.33. The molecule has 6 heteroatoms. The van der Waals surface area contributed by atoms with Gasteiger partial charge in [0.15, 0.2) is 32.5 Å². The summed E-state index contributed by atoms with van der Waals surface area (Å²) in [5.41, 5.74) is 0.266. The second-order valence-corrected chi connectivity index (χ2v) is 2.92. The van der Waals surface area contributed by atoms with Crippen LogP contribution < -0.4 is 0 Å². The summed E-state index contributed by atoms with van der Waals surface area (Å²) in [5, 5.41) is 0. The minimum absolute atomic E-state index is 0.133. The monoisotopic (exact) mass is 322 g/mol. The molecule has 0 atom stereocenters. The molecule has 0 saturated heterocycles. The van der Waals surface area contributed by atoms with Gasteiger partial charge in [-0.25, -0.2) is 9.59 Å². The van der Waals surface area contributed by atoms with Crippen LogP contribution in [0.1, 0.15) is 20.7 Å². The van der Waals surface area contributed by atoms with Crippen LogP contribution in [0.15, 0.2) is 24.3 Å². The summed E-state index contributed by atoms with van der Waals surface area (Å²) in [5.74, 6) is -1.31. The number of halogens is 2. The van der Waals surface area contributed by atoms with E-state index in [9.17, 15) is 9.59 Å². The Morgan fingerprint density at radius 2 is 1.29 bits per heavy atom. The van der Waals surface area contributed by atoms with Gasteiger partial charge in [0.1, 0.15) is 0 Å². The summed E-state index contributed by atoms with van der Waals surface area (Å²) in [6, 6.07) is 6.15. The fourth-order valence-corrected chi connectivity index (χ4v) is 1.27. The predicted molar refractivity (Wildman–Crippen MR) is 55.1 cm³/mol. The maximum absolute atomic E-state index is 11.2. The van der Waals surface area contributed by atoms with E-state index in [1.165, 1.54) is 12.1 Å². The molecule has 4 nitrogen and oxygen atoms in total. The lowest BCUT2D eigenvalue weighted by Gasteiger charge is -2.02. The Labute approximate surface area is 97.1 Å². The van der Waals surface area contributed by atoms with Gasteiger partial charge < -0.3 is 7.66 Å². The summed E-state index contributed by atoms with van der Waals surface area (Å²) in [6.07, 6.45) is 0. The van der Waals surface area contributed by atoms with Crippen molar-refractivity contribution in [3.63, 3.8) is 0 Å². The second kappa shape index (κ2) is 5.11. The van der Waals surface area contributed by atoms with Crippen molar-refractivity contribution >= 4 is 44.5 Å². The van der Waals surface area contributed by atoms with E-state index in [1.807, 2.05) is 0 Å². The summed E-state index contributed by atoms with van der Waals surface area (Å²) in [7, 11) is 0. The number of rotatable bonds is 2. The third-order valence-corrected chi connectivity index (χ3v) is 2.10. The van der Waals surface area contributed by atoms with E-state index in [-0.39, 0.29) is 11.1 Å². The zero-order valence-corrected chi connectivity index (χ0v) is 9.87. The van der Waals surface area contributed by atoms with Gasteiger partial charge in [0, 0.05) is 0 Å². The molecule has 0 aliphatic heterocycles. The molecule has 14 heavy (non-hydrogen) atoms. The average molecular weight is 324 g/mol. The molecule has 74 valence electrons. The van der Waals surface area contributed by atoms with Crippen molar-refractivity contribution in [1.82, 2.24) is 0 Å². The average Bonchev–Trinajstić information content (AvgIpc) is 2.27. The minimum Gasteiger partial charge on any atom is -0.380 e. The van der Waals surface area contributed by atoms with E-state index >= 15 is 0 Å². The normalized spacial score (nSPS) is 9.29. The standard InChI is InChI=1S/C8H4Br2O4/c9-13-7(11)5-3-1-2-4-6(5)8(12)14-10/h1-4H. The Kier molecular flexibility index (Phi) is 4.09. The third-order valence-electron chi connectivity index (χ3n) is 1.51. The first-order chi connectivity index (χ1) is 6.70. The zero-order valence-electron chi connectivity index (χ0n) is 6.70. The van der Waals surface area contributed by atoms with Gasteiger partial charge in [-0.15, -0.1) is 0 Å². The van der Waals surface area contributed by atoms with Crippen molar-refractivity contribution < 1.29 is 17.2 Å². The number of hydrogen-bond acceptors (Lipinski definition) is 4. The molecular formula is C8H4Br2O4. The smallest absolute Gasteiger partial charge is 0.350 e. The van der Waals surface area contributed by atoms with Crippen LogP contribution >= 0.6 is 32.5 Å². The van der Waals surface area contributed by atoms with Crippen LogP contribution in [0.5, 0.6) is 0 Å². The van der Waals surface area contributed by atoms with E-state index in [0.29, 0.717) is 0 Å². The van der Waals surface area contributed by atoms with E-state index in [1.54, 1.807) is 12.1 Å². The molecule has 0 radical (unpaired) electrons. The van der Waals surface area contributed by atoms with Gasteiger partial charge in [-0.3, -0.25) is 0 Å². The molecule has 1 aromatic carbocycles. The highest BCUT2D eigenvalue weighted by atomic mass is 79.9. The zero-order chi connectivity index (χ0) is 10.6. The summed E-state index contributed by atoms with van der Waals surface area (Å²) >= 11 is 5.09. The molecule has 0 aliphatic carbocycles. The number of benzene rings is 1. The maximum Gasteiger partial charge on any atom is 0.350 e. The lowest BCUT2D eigenvalue weighted by molar-refractivity contribution is 0.0740. The fraction of sp³-hybridized carbons (Fsp3) is 0. The van der Waals surface area contributed by atoms with E-state index in [4.69, 9.17) is 0 Å². The van der Waals surface area contributed by atoms with Crippen molar-refractivity contribution in [1.29, 1.82) is 0 Å². The van der Waals surface area contributed by atoms with Gasteiger partial charge in [0.2, 0.25) is 0 Å². The topological polar surface area (TPSA) is 52.6 Å². The lowest BCUT2D eigenvalue weighted by Crippen LogP contribution is -2.08. The molecule has 0 spiro atoms.